The number of nitrogens with zero attached hydrogens (tertiary/aromatic N) is 1. The van der Waals surface area contributed by atoms with Gasteiger partial charge < -0.3 is 10.4 Å². The van der Waals surface area contributed by atoms with E-state index in [4.69, 9.17) is 0 Å². The second-order valence-corrected chi connectivity index (χ2v) is 6.73. The highest BCUT2D eigenvalue weighted by atomic mass is 16.3. The summed E-state index contributed by atoms with van der Waals surface area (Å²) in [7, 11) is 0. The van der Waals surface area contributed by atoms with E-state index < -0.39 is 0 Å². The summed E-state index contributed by atoms with van der Waals surface area (Å²) in [6, 6.07) is 11.9. The molecule has 1 aromatic rings. The first-order valence-electron chi connectivity index (χ1n) is 8.44. The van der Waals surface area contributed by atoms with Gasteiger partial charge in [0.15, 0.2) is 0 Å². The fourth-order valence-corrected chi connectivity index (χ4v) is 3.82. The SMILES string of the molecule is CC(c1ccccc1)N1CCC(NCC2CCCC2O)C1. The van der Waals surface area contributed by atoms with Crippen LogP contribution in [0.25, 0.3) is 0 Å². The van der Waals surface area contributed by atoms with Crippen molar-refractivity contribution >= 4 is 0 Å². The van der Waals surface area contributed by atoms with Gasteiger partial charge in [0, 0.05) is 31.7 Å². The highest BCUT2D eigenvalue weighted by Crippen LogP contribution is 2.27. The number of likely N-dealkylation sites (tertiary alicyclic amines) is 1. The Morgan fingerprint density at radius 2 is 2.05 bits per heavy atom. The van der Waals surface area contributed by atoms with Crippen LogP contribution in [0.3, 0.4) is 0 Å². The summed E-state index contributed by atoms with van der Waals surface area (Å²) in [5.41, 5.74) is 1.41. The predicted octanol–water partition coefficient (Wildman–Crippen LogP) is 2.57. The first kappa shape index (κ1) is 15.0. The molecule has 0 amide bonds. The number of hydrogen-bond donors (Lipinski definition) is 2. The maximum Gasteiger partial charge on any atom is 0.0580 e. The number of aliphatic hydroxyl groups is 1. The van der Waals surface area contributed by atoms with Crippen LogP contribution < -0.4 is 5.32 Å². The zero-order valence-electron chi connectivity index (χ0n) is 13.0. The van der Waals surface area contributed by atoms with Crippen LogP contribution in [0.4, 0.5) is 0 Å². The van der Waals surface area contributed by atoms with Gasteiger partial charge in [-0.2, -0.15) is 0 Å². The van der Waals surface area contributed by atoms with Gasteiger partial charge in [0.25, 0.3) is 0 Å². The van der Waals surface area contributed by atoms with Gasteiger partial charge in [-0.15, -0.1) is 0 Å². The molecule has 2 aliphatic rings. The van der Waals surface area contributed by atoms with Crippen LogP contribution in [-0.2, 0) is 0 Å². The minimum atomic E-state index is -0.0711. The monoisotopic (exact) mass is 288 g/mol. The predicted molar refractivity (Wildman–Crippen MR) is 86.2 cm³/mol. The molecule has 3 rings (SSSR count). The van der Waals surface area contributed by atoms with E-state index in [0.29, 0.717) is 18.0 Å². The normalized spacial score (nSPS) is 31.6. The van der Waals surface area contributed by atoms with Gasteiger partial charge in [0.1, 0.15) is 0 Å². The fourth-order valence-electron chi connectivity index (χ4n) is 3.82. The van der Waals surface area contributed by atoms with E-state index >= 15 is 0 Å². The molecule has 1 aliphatic heterocycles. The Hall–Kier alpha value is -0.900. The Morgan fingerprint density at radius 1 is 1.24 bits per heavy atom. The summed E-state index contributed by atoms with van der Waals surface area (Å²) in [4.78, 5) is 2.57. The maximum absolute atomic E-state index is 9.90. The summed E-state index contributed by atoms with van der Waals surface area (Å²) in [6.07, 6.45) is 4.52. The van der Waals surface area contributed by atoms with Gasteiger partial charge in [0.05, 0.1) is 6.10 Å². The number of benzene rings is 1. The minimum Gasteiger partial charge on any atom is -0.393 e. The van der Waals surface area contributed by atoms with Gasteiger partial charge in [0.2, 0.25) is 0 Å². The quantitative estimate of drug-likeness (QED) is 0.874. The molecular formula is C18H28N2O. The van der Waals surface area contributed by atoms with E-state index in [0.717, 1.165) is 19.5 Å². The first-order chi connectivity index (χ1) is 10.2. The molecule has 1 aromatic carbocycles. The molecule has 4 unspecified atom stereocenters. The van der Waals surface area contributed by atoms with Gasteiger partial charge in [-0.25, -0.2) is 0 Å². The topological polar surface area (TPSA) is 35.5 Å². The lowest BCUT2D eigenvalue weighted by Crippen LogP contribution is -2.38. The molecule has 3 nitrogen and oxygen atoms in total. The molecule has 0 radical (unpaired) electrons. The number of aliphatic hydroxyl groups excluding tert-OH is 1. The van der Waals surface area contributed by atoms with Gasteiger partial charge in [-0.1, -0.05) is 36.8 Å². The lowest BCUT2D eigenvalue weighted by molar-refractivity contribution is 0.129. The zero-order chi connectivity index (χ0) is 14.7. The standard InChI is InChI=1S/C18H28N2O/c1-14(15-6-3-2-4-7-15)20-11-10-17(13-20)19-12-16-8-5-9-18(16)21/h2-4,6-7,14,16-19,21H,5,8-13H2,1H3. The maximum atomic E-state index is 9.90. The van der Waals surface area contributed by atoms with Crippen LogP contribution in [0.2, 0.25) is 0 Å². The smallest absolute Gasteiger partial charge is 0.0580 e. The van der Waals surface area contributed by atoms with Crippen molar-refractivity contribution in [3.8, 4) is 0 Å². The summed E-state index contributed by atoms with van der Waals surface area (Å²) < 4.78 is 0. The molecule has 4 atom stereocenters. The van der Waals surface area contributed by atoms with E-state index in [1.807, 2.05) is 0 Å². The lowest BCUT2D eigenvalue weighted by Gasteiger charge is -2.25. The van der Waals surface area contributed by atoms with Crippen molar-refractivity contribution in [2.45, 2.75) is 50.8 Å². The minimum absolute atomic E-state index is 0.0711. The van der Waals surface area contributed by atoms with E-state index in [-0.39, 0.29) is 6.10 Å². The van der Waals surface area contributed by atoms with Crippen molar-refractivity contribution < 1.29 is 5.11 Å². The molecule has 1 saturated carbocycles. The molecule has 116 valence electrons. The molecule has 1 saturated heterocycles. The van der Waals surface area contributed by atoms with Crippen LogP contribution in [0.5, 0.6) is 0 Å². The molecule has 0 spiro atoms. The van der Waals surface area contributed by atoms with E-state index in [2.05, 4.69) is 47.5 Å². The average molecular weight is 288 g/mol. The molecule has 1 aliphatic carbocycles. The third-order valence-electron chi connectivity index (χ3n) is 5.34. The summed E-state index contributed by atoms with van der Waals surface area (Å²) in [6.45, 7) is 5.58. The Morgan fingerprint density at radius 3 is 2.76 bits per heavy atom. The largest absolute Gasteiger partial charge is 0.393 e. The third kappa shape index (κ3) is 3.65. The number of hydrogen-bond acceptors (Lipinski definition) is 3. The zero-order valence-corrected chi connectivity index (χ0v) is 13.0. The average Bonchev–Trinajstić information content (AvgIpc) is 3.14. The highest BCUT2D eigenvalue weighted by Gasteiger charge is 2.29. The Kier molecular flexibility index (Phi) is 4.94. The van der Waals surface area contributed by atoms with Gasteiger partial charge in [-0.3, -0.25) is 4.90 Å². The van der Waals surface area contributed by atoms with Crippen molar-refractivity contribution in [1.82, 2.24) is 10.2 Å². The molecule has 1 heterocycles. The summed E-state index contributed by atoms with van der Waals surface area (Å²) in [5.74, 6) is 0.477. The Labute approximate surface area is 128 Å². The third-order valence-corrected chi connectivity index (χ3v) is 5.34. The van der Waals surface area contributed by atoms with Crippen molar-refractivity contribution in [3.63, 3.8) is 0 Å². The van der Waals surface area contributed by atoms with E-state index in [1.165, 1.54) is 31.4 Å². The summed E-state index contributed by atoms with van der Waals surface area (Å²) >= 11 is 0. The second kappa shape index (κ2) is 6.91. The number of nitrogens with one attached hydrogen (secondary N) is 1. The van der Waals surface area contributed by atoms with Gasteiger partial charge in [-0.05, 0) is 37.7 Å². The van der Waals surface area contributed by atoms with Crippen molar-refractivity contribution in [1.29, 1.82) is 0 Å². The van der Waals surface area contributed by atoms with Crippen molar-refractivity contribution in [2.75, 3.05) is 19.6 Å². The Balaban J connectivity index is 1.47. The van der Waals surface area contributed by atoms with Crippen molar-refractivity contribution in [3.05, 3.63) is 35.9 Å². The highest BCUT2D eigenvalue weighted by molar-refractivity contribution is 5.18. The molecule has 3 heteroatoms. The molecular weight excluding hydrogens is 260 g/mol. The lowest BCUT2D eigenvalue weighted by atomic mass is 10.1. The van der Waals surface area contributed by atoms with E-state index in [1.54, 1.807) is 0 Å². The second-order valence-electron chi connectivity index (χ2n) is 6.73. The first-order valence-corrected chi connectivity index (χ1v) is 8.44. The van der Waals surface area contributed by atoms with E-state index in [9.17, 15) is 5.11 Å². The van der Waals surface area contributed by atoms with Crippen LogP contribution in [0.15, 0.2) is 30.3 Å². The van der Waals surface area contributed by atoms with Gasteiger partial charge >= 0.3 is 0 Å². The number of rotatable bonds is 5. The van der Waals surface area contributed by atoms with Crippen LogP contribution in [-0.4, -0.2) is 41.8 Å². The molecule has 2 fully saturated rings. The molecule has 2 N–H and O–H groups in total. The van der Waals surface area contributed by atoms with Crippen molar-refractivity contribution in [2.24, 2.45) is 5.92 Å². The molecule has 0 bridgehead atoms. The summed E-state index contributed by atoms with van der Waals surface area (Å²) in [5, 5.41) is 13.6. The Bertz CT molecular complexity index is 436. The van der Waals surface area contributed by atoms with Crippen LogP contribution in [0.1, 0.15) is 44.2 Å². The van der Waals surface area contributed by atoms with Crippen LogP contribution in [0, 0.1) is 5.92 Å². The molecule has 0 aromatic heterocycles. The fraction of sp³-hybridized carbons (Fsp3) is 0.667. The molecule has 21 heavy (non-hydrogen) atoms. The van der Waals surface area contributed by atoms with Crippen LogP contribution >= 0.6 is 0 Å².